The second-order valence-electron chi connectivity index (χ2n) is 4.49. The molecule has 0 bridgehead atoms. The van der Waals surface area contributed by atoms with Gasteiger partial charge in [-0.2, -0.15) is 16.8 Å². The molecule has 1 heterocycles. The van der Waals surface area contributed by atoms with Crippen molar-refractivity contribution in [3.05, 3.63) is 18.7 Å². The lowest BCUT2D eigenvalue weighted by molar-refractivity contribution is 0.386. The summed E-state index contributed by atoms with van der Waals surface area (Å²) in [6.45, 7) is 1.76. The minimum Gasteiger partial charge on any atom is -0.333 e. The van der Waals surface area contributed by atoms with Crippen LogP contribution in [0.3, 0.4) is 0 Å². The number of nitrogens with zero attached hydrogens (tertiary/aromatic N) is 2. The first-order chi connectivity index (χ1) is 9.15. The monoisotopic (exact) mass is 326 g/mol. The summed E-state index contributed by atoms with van der Waals surface area (Å²) >= 11 is 0. The lowest BCUT2D eigenvalue weighted by Gasteiger charge is -2.25. The highest BCUT2D eigenvalue weighted by atomic mass is 32.2. The molecule has 1 rings (SSSR count). The van der Waals surface area contributed by atoms with Gasteiger partial charge < -0.3 is 4.57 Å². The third-order valence-corrected chi connectivity index (χ3v) is 5.03. The van der Waals surface area contributed by atoms with Crippen molar-refractivity contribution in [1.29, 1.82) is 0 Å². The second-order valence-corrected chi connectivity index (χ2v) is 7.70. The molecule has 0 aromatic carbocycles. The largest absolute Gasteiger partial charge is 0.333 e. The molecule has 0 aliphatic heterocycles. The van der Waals surface area contributed by atoms with E-state index in [1.54, 1.807) is 6.92 Å². The Kier molecular flexibility index (Phi) is 5.68. The molecule has 2 N–H and O–H groups in total. The van der Waals surface area contributed by atoms with Crippen molar-refractivity contribution in [2.24, 2.45) is 0 Å². The zero-order chi connectivity index (χ0) is 15.4. The van der Waals surface area contributed by atoms with Gasteiger partial charge in [-0.15, -0.1) is 0 Å². The Morgan fingerprint density at radius 2 is 1.85 bits per heavy atom. The topological polar surface area (TPSA) is 127 Å². The van der Waals surface area contributed by atoms with E-state index in [1.807, 2.05) is 0 Å². The third-order valence-electron chi connectivity index (χ3n) is 2.96. The van der Waals surface area contributed by atoms with Gasteiger partial charge in [-0.3, -0.25) is 9.11 Å². The number of hydrogen-bond donors (Lipinski definition) is 2. The molecule has 0 spiro atoms. The molecule has 2 atom stereocenters. The predicted molar refractivity (Wildman–Crippen MR) is 72.5 cm³/mol. The minimum absolute atomic E-state index is 0.139. The lowest BCUT2D eigenvalue weighted by atomic mass is 10.1. The number of hydrogen-bond acceptors (Lipinski definition) is 5. The molecule has 0 aliphatic rings. The van der Waals surface area contributed by atoms with Crippen LogP contribution in [-0.4, -0.2) is 46.5 Å². The molecule has 20 heavy (non-hydrogen) atoms. The fraction of sp³-hybridized carbons (Fsp3) is 0.700. The Hall–Kier alpha value is -0.970. The SMILES string of the molecule is CCCC(C(CCS(=O)(=O)O)n1ccnc1)S(=O)(=O)O. The van der Waals surface area contributed by atoms with Crippen LogP contribution in [0, 0.1) is 0 Å². The Morgan fingerprint density at radius 1 is 1.20 bits per heavy atom. The lowest BCUT2D eigenvalue weighted by Crippen LogP contribution is -2.32. The van der Waals surface area contributed by atoms with Crippen molar-refractivity contribution in [2.45, 2.75) is 37.5 Å². The Bertz CT molecular complexity index is 608. The first-order valence-corrected chi connectivity index (χ1v) is 9.15. The maximum absolute atomic E-state index is 11.5. The van der Waals surface area contributed by atoms with Crippen molar-refractivity contribution >= 4 is 20.2 Å². The van der Waals surface area contributed by atoms with E-state index in [0.29, 0.717) is 6.42 Å². The van der Waals surface area contributed by atoms with Gasteiger partial charge in [0, 0.05) is 12.4 Å². The first-order valence-electron chi connectivity index (χ1n) is 6.04. The highest BCUT2D eigenvalue weighted by Crippen LogP contribution is 2.26. The molecular formula is C10H18N2O6S2. The zero-order valence-corrected chi connectivity index (χ0v) is 12.6. The van der Waals surface area contributed by atoms with Crippen molar-refractivity contribution in [3.63, 3.8) is 0 Å². The van der Waals surface area contributed by atoms with Crippen LogP contribution >= 0.6 is 0 Å². The van der Waals surface area contributed by atoms with Gasteiger partial charge in [0.05, 0.1) is 18.1 Å². The van der Waals surface area contributed by atoms with Gasteiger partial charge in [0.25, 0.3) is 20.2 Å². The summed E-state index contributed by atoms with van der Waals surface area (Å²) in [5.41, 5.74) is 0. The van der Waals surface area contributed by atoms with Gasteiger partial charge in [0.15, 0.2) is 0 Å². The van der Waals surface area contributed by atoms with Crippen molar-refractivity contribution in [1.82, 2.24) is 9.55 Å². The van der Waals surface area contributed by atoms with Crippen LogP contribution in [0.15, 0.2) is 18.7 Å². The average molecular weight is 326 g/mol. The van der Waals surface area contributed by atoms with E-state index < -0.39 is 37.3 Å². The highest BCUT2D eigenvalue weighted by molar-refractivity contribution is 7.86. The van der Waals surface area contributed by atoms with Gasteiger partial charge in [0.1, 0.15) is 5.25 Å². The van der Waals surface area contributed by atoms with Crippen molar-refractivity contribution < 1.29 is 25.9 Å². The normalized spacial score (nSPS) is 15.9. The summed E-state index contributed by atoms with van der Waals surface area (Å²) in [4.78, 5) is 3.79. The van der Waals surface area contributed by atoms with Crippen LogP contribution in [0.25, 0.3) is 0 Å². The fourth-order valence-corrected chi connectivity index (χ4v) is 3.83. The van der Waals surface area contributed by atoms with Gasteiger partial charge >= 0.3 is 0 Å². The van der Waals surface area contributed by atoms with E-state index in [9.17, 15) is 21.4 Å². The molecule has 0 amide bonds. The van der Waals surface area contributed by atoms with Crippen molar-refractivity contribution in [2.75, 3.05) is 5.75 Å². The molecule has 1 aromatic rings. The Labute approximate surface area is 118 Å². The zero-order valence-electron chi connectivity index (χ0n) is 11.0. The summed E-state index contributed by atoms with van der Waals surface area (Å²) in [7, 11) is -8.56. The molecule has 2 unspecified atom stereocenters. The fourth-order valence-electron chi connectivity index (χ4n) is 2.09. The maximum atomic E-state index is 11.5. The maximum Gasteiger partial charge on any atom is 0.269 e. The molecule has 0 radical (unpaired) electrons. The van der Waals surface area contributed by atoms with Crippen LogP contribution in [0.4, 0.5) is 0 Å². The van der Waals surface area contributed by atoms with E-state index >= 15 is 0 Å². The van der Waals surface area contributed by atoms with E-state index in [1.165, 1.54) is 23.3 Å². The smallest absolute Gasteiger partial charge is 0.269 e. The predicted octanol–water partition coefficient (Wildman–Crippen LogP) is 0.759. The van der Waals surface area contributed by atoms with Crippen LogP contribution < -0.4 is 0 Å². The first kappa shape index (κ1) is 17.1. The van der Waals surface area contributed by atoms with Gasteiger partial charge in [-0.1, -0.05) is 13.3 Å². The average Bonchev–Trinajstić information content (AvgIpc) is 2.78. The number of aromatic nitrogens is 2. The van der Waals surface area contributed by atoms with Crippen LogP contribution in [-0.2, 0) is 20.2 Å². The molecule has 0 saturated heterocycles. The standard InChI is InChI=1S/C10H18N2O6S2/c1-2-3-10(20(16,17)18)9(4-7-19(13,14)15)12-6-5-11-8-12/h5-6,8-10H,2-4,7H2,1H3,(H,13,14,15)(H,16,17,18). The molecule has 0 saturated carbocycles. The van der Waals surface area contributed by atoms with Crippen molar-refractivity contribution in [3.8, 4) is 0 Å². The summed E-state index contributed by atoms with van der Waals surface area (Å²) in [5, 5.41) is -1.15. The second kappa shape index (κ2) is 6.66. The van der Waals surface area contributed by atoms with Gasteiger partial charge in [-0.05, 0) is 12.8 Å². The molecular weight excluding hydrogens is 308 g/mol. The number of imidazole rings is 1. The summed E-state index contributed by atoms with van der Waals surface area (Å²) in [6.07, 6.45) is 4.80. The molecule has 10 heteroatoms. The molecule has 1 aromatic heterocycles. The quantitative estimate of drug-likeness (QED) is 0.675. The van der Waals surface area contributed by atoms with Crippen LogP contribution in [0.1, 0.15) is 32.2 Å². The minimum atomic E-state index is -4.35. The van der Waals surface area contributed by atoms with E-state index in [2.05, 4.69) is 4.98 Å². The summed E-state index contributed by atoms with van der Waals surface area (Å²) in [6, 6.07) is -0.811. The number of rotatable bonds is 8. The van der Waals surface area contributed by atoms with Crippen LogP contribution in [0.2, 0.25) is 0 Å². The third kappa shape index (κ3) is 5.19. The van der Waals surface area contributed by atoms with E-state index in [-0.39, 0.29) is 12.8 Å². The molecule has 0 aliphatic carbocycles. The molecule has 0 fully saturated rings. The van der Waals surface area contributed by atoms with Crippen LogP contribution in [0.5, 0.6) is 0 Å². The Morgan fingerprint density at radius 3 is 2.25 bits per heavy atom. The summed E-state index contributed by atoms with van der Waals surface area (Å²) in [5.74, 6) is -0.592. The van der Waals surface area contributed by atoms with Gasteiger partial charge in [-0.25, -0.2) is 4.98 Å². The van der Waals surface area contributed by atoms with Gasteiger partial charge in [0.2, 0.25) is 0 Å². The molecule has 116 valence electrons. The molecule has 8 nitrogen and oxygen atoms in total. The highest BCUT2D eigenvalue weighted by Gasteiger charge is 2.33. The summed E-state index contributed by atoms with van der Waals surface area (Å²) < 4.78 is 64.3. The van der Waals surface area contributed by atoms with E-state index in [4.69, 9.17) is 4.55 Å². The Balaban J connectivity index is 3.08. The van der Waals surface area contributed by atoms with E-state index in [0.717, 1.165) is 0 Å².